The Morgan fingerprint density at radius 1 is 1.33 bits per heavy atom. The van der Waals surface area contributed by atoms with Crippen LogP contribution in [-0.2, 0) is 4.79 Å². The van der Waals surface area contributed by atoms with Crippen molar-refractivity contribution in [2.75, 3.05) is 6.54 Å². The van der Waals surface area contributed by atoms with Crippen LogP contribution in [0.4, 0.5) is 0 Å². The van der Waals surface area contributed by atoms with Crippen molar-refractivity contribution >= 4 is 5.91 Å². The van der Waals surface area contributed by atoms with Gasteiger partial charge >= 0.3 is 0 Å². The third-order valence-electron chi connectivity index (χ3n) is 2.82. The highest BCUT2D eigenvalue weighted by atomic mass is 16.1. The van der Waals surface area contributed by atoms with Gasteiger partial charge in [0.15, 0.2) is 0 Å². The van der Waals surface area contributed by atoms with E-state index in [-0.39, 0.29) is 17.4 Å². The third kappa shape index (κ3) is 8.29. The number of hydrogen-bond donors (Lipinski definition) is 2. The molecule has 3 nitrogen and oxygen atoms in total. The fourth-order valence-corrected chi connectivity index (χ4v) is 1.93. The average molecular weight is 254 g/mol. The molecule has 0 radical (unpaired) electrons. The fraction of sp³-hybridized carbons (Fsp3) is 0.800. The second-order valence-corrected chi connectivity index (χ2v) is 6.19. The van der Waals surface area contributed by atoms with Gasteiger partial charge < -0.3 is 11.1 Å². The summed E-state index contributed by atoms with van der Waals surface area (Å²) < 4.78 is 0. The van der Waals surface area contributed by atoms with E-state index in [0.717, 1.165) is 31.3 Å². The number of amides is 1. The first kappa shape index (κ1) is 17.2. The van der Waals surface area contributed by atoms with Crippen LogP contribution in [0.5, 0.6) is 0 Å². The first-order valence-corrected chi connectivity index (χ1v) is 6.97. The largest absolute Gasteiger partial charge is 0.350 e. The van der Waals surface area contributed by atoms with Crippen molar-refractivity contribution in [2.24, 2.45) is 11.1 Å². The van der Waals surface area contributed by atoms with Crippen LogP contribution in [0.3, 0.4) is 0 Å². The Balaban J connectivity index is 4.47. The summed E-state index contributed by atoms with van der Waals surface area (Å²) >= 11 is 0. The lowest BCUT2D eigenvalue weighted by Crippen LogP contribution is -2.38. The van der Waals surface area contributed by atoms with Gasteiger partial charge in [-0.2, -0.15) is 0 Å². The Hall–Kier alpha value is -0.830. The third-order valence-corrected chi connectivity index (χ3v) is 2.82. The van der Waals surface area contributed by atoms with E-state index in [4.69, 9.17) is 5.73 Å². The average Bonchev–Trinajstić information content (AvgIpc) is 2.24. The Morgan fingerprint density at radius 3 is 2.39 bits per heavy atom. The summed E-state index contributed by atoms with van der Waals surface area (Å²) in [5, 5.41) is 3.10. The molecule has 0 aliphatic rings. The Kier molecular flexibility index (Phi) is 7.92. The fourth-order valence-electron chi connectivity index (χ4n) is 1.93. The van der Waals surface area contributed by atoms with E-state index in [1.807, 2.05) is 0 Å². The number of nitrogens with two attached hydrogens (primary N) is 1. The molecular formula is C15H30N2O. The zero-order valence-electron chi connectivity index (χ0n) is 12.5. The molecule has 0 fully saturated rings. The van der Waals surface area contributed by atoms with Gasteiger partial charge in [0.25, 0.3) is 0 Å². The molecule has 0 heterocycles. The summed E-state index contributed by atoms with van der Waals surface area (Å²) in [7, 11) is 0. The standard InChI is InChI=1S/C15H30N2O/c1-6-8-12(2)13(11-15(3,4)5)17-14(18)9-7-10-16/h13H,2,6-11,16H2,1,3-5H3,(H,17,18). The number of carbonyl (C=O) groups excluding carboxylic acids is 1. The topological polar surface area (TPSA) is 55.1 Å². The number of nitrogens with one attached hydrogen (secondary N) is 1. The second-order valence-electron chi connectivity index (χ2n) is 6.19. The summed E-state index contributed by atoms with van der Waals surface area (Å²) in [6, 6.07) is 0.0928. The molecule has 0 aliphatic heterocycles. The minimum Gasteiger partial charge on any atom is -0.350 e. The van der Waals surface area contributed by atoms with Gasteiger partial charge in [-0.25, -0.2) is 0 Å². The summed E-state index contributed by atoms with van der Waals surface area (Å²) in [5.41, 5.74) is 6.74. The van der Waals surface area contributed by atoms with E-state index in [1.165, 1.54) is 0 Å². The molecule has 1 atom stereocenters. The zero-order valence-corrected chi connectivity index (χ0v) is 12.5. The monoisotopic (exact) mass is 254 g/mol. The van der Waals surface area contributed by atoms with E-state index < -0.39 is 0 Å². The first-order valence-electron chi connectivity index (χ1n) is 6.97. The van der Waals surface area contributed by atoms with E-state index in [9.17, 15) is 4.79 Å². The predicted octanol–water partition coefficient (Wildman–Crippen LogP) is 3.00. The van der Waals surface area contributed by atoms with Crippen LogP contribution in [0.15, 0.2) is 12.2 Å². The number of hydrogen-bond acceptors (Lipinski definition) is 2. The molecule has 0 aromatic rings. The maximum atomic E-state index is 11.8. The van der Waals surface area contributed by atoms with Gasteiger partial charge in [-0.15, -0.1) is 0 Å². The molecule has 106 valence electrons. The van der Waals surface area contributed by atoms with Gasteiger partial charge in [0.1, 0.15) is 0 Å². The first-order chi connectivity index (χ1) is 8.30. The summed E-state index contributed by atoms with van der Waals surface area (Å²) in [6.07, 6.45) is 4.22. The highest BCUT2D eigenvalue weighted by Gasteiger charge is 2.22. The SMILES string of the molecule is C=C(CCC)C(CC(C)(C)C)NC(=O)CCCN. The summed E-state index contributed by atoms with van der Waals surface area (Å²) in [5.74, 6) is 0.0898. The lowest BCUT2D eigenvalue weighted by Gasteiger charge is -2.28. The van der Waals surface area contributed by atoms with Gasteiger partial charge in [0, 0.05) is 6.42 Å². The molecule has 0 aliphatic carbocycles. The molecule has 3 N–H and O–H groups in total. The second kappa shape index (κ2) is 8.30. The molecule has 0 bridgehead atoms. The predicted molar refractivity (Wildman–Crippen MR) is 78.3 cm³/mol. The number of rotatable bonds is 8. The van der Waals surface area contributed by atoms with Crippen molar-refractivity contribution < 1.29 is 4.79 Å². The molecule has 0 saturated carbocycles. The molecule has 0 rings (SSSR count). The van der Waals surface area contributed by atoms with Crippen molar-refractivity contribution in [3.8, 4) is 0 Å². The number of carbonyl (C=O) groups is 1. The molecule has 1 unspecified atom stereocenters. The molecule has 0 aromatic carbocycles. The summed E-state index contributed by atoms with van der Waals surface area (Å²) in [4.78, 5) is 11.8. The van der Waals surface area contributed by atoms with Crippen molar-refractivity contribution in [3.63, 3.8) is 0 Å². The highest BCUT2D eigenvalue weighted by molar-refractivity contribution is 5.76. The minimum absolute atomic E-state index is 0.0898. The van der Waals surface area contributed by atoms with E-state index >= 15 is 0 Å². The van der Waals surface area contributed by atoms with Crippen molar-refractivity contribution in [3.05, 3.63) is 12.2 Å². The normalized spacial score (nSPS) is 13.2. The molecule has 1 amide bonds. The molecule has 0 aromatic heterocycles. The van der Waals surface area contributed by atoms with E-state index in [0.29, 0.717) is 13.0 Å². The van der Waals surface area contributed by atoms with Gasteiger partial charge in [-0.1, -0.05) is 46.3 Å². The van der Waals surface area contributed by atoms with E-state index in [2.05, 4.69) is 39.6 Å². The highest BCUT2D eigenvalue weighted by Crippen LogP contribution is 2.25. The molecule has 0 spiro atoms. The molecule has 3 heteroatoms. The van der Waals surface area contributed by atoms with Crippen LogP contribution in [0, 0.1) is 5.41 Å². The smallest absolute Gasteiger partial charge is 0.220 e. The molecule has 18 heavy (non-hydrogen) atoms. The lowest BCUT2D eigenvalue weighted by atomic mass is 9.84. The van der Waals surface area contributed by atoms with Crippen LogP contribution < -0.4 is 11.1 Å². The van der Waals surface area contributed by atoms with Crippen molar-refractivity contribution in [1.29, 1.82) is 0 Å². The van der Waals surface area contributed by atoms with Crippen LogP contribution in [0.25, 0.3) is 0 Å². The summed E-state index contributed by atoms with van der Waals surface area (Å²) in [6.45, 7) is 13.4. The van der Waals surface area contributed by atoms with Crippen LogP contribution in [0.1, 0.15) is 59.8 Å². The van der Waals surface area contributed by atoms with Crippen LogP contribution in [-0.4, -0.2) is 18.5 Å². The maximum absolute atomic E-state index is 11.8. The van der Waals surface area contributed by atoms with Crippen LogP contribution >= 0.6 is 0 Å². The van der Waals surface area contributed by atoms with Gasteiger partial charge in [0.2, 0.25) is 5.91 Å². The zero-order chi connectivity index (χ0) is 14.2. The quantitative estimate of drug-likeness (QED) is 0.654. The maximum Gasteiger partial charge on any atom is 0.220 e. The lowest BCUT2D eigenvalue weighted by molar-refractivity contribution is -0.121. The Morgan fingerprint density at radius 2 is 1.94 bits per heavy atom. The molecule has 0 saturated heterocycles. The minimum atomic E-state index is 0.0898. The van der Waals surface area contributed by atoms with Gasteiger partial charge in [0.05, 0.1) is 6.04 Å². The molecular weight excluding hydrogens is 224 g/mol. The van der Waals surface area contributed by atoms with Crippen molar-refractivity contribution in [1.82, 2.24) is 5.32 Å². The van der Waals surface area contributed by atoms with E-state index in [1.54, 1.807) is 0 Å². The van der Waals surface area contributed by atoms with Gasteiger partial charge in [-0.3, -0.25) is 4.79 Å². The van der Waals surface area contributed by atoms with Gasteiger partial charge in [-0.05, 0) is 31.2 Å². The van der Waals surface area contributed by atoms with Crippen molar-refractivity contribution in [2.45, 2.75) is 65.8 Å². The Bertz CT molecular complexity index is 266. The van der Waals surface area contributed by atoms with Crippen LogP contribution in [0.2, 0.25) is 0 Å². The Labute approximate surface area is 112 Å².